The molecule has 82 valence electrons. The molecule has 3 rings (SSSR count). The number of aryl methyl sites for hydroxylation is 1. The van der Waals surface area contributed by atoms with Crippen molar-refractivity contribution in [3.63, 3.8) is 0 Å². The first-order chi connectivity index (χ1) is 7.16. The van der Waals surface area contributed by atoms with Crippen LogP contribution in [0, 0.1) is 18.8 Å². The zero-order valence-corrected chi connectivity index (χ0v) is 9.47. The minimum atomic E-state index is 0.557. The van der Waals surface area contributed by atoms with E-state index in [1.165, 1.54) is 13.1 Å². The van der Waals surface area contributed by atoms with Gasteiger partial charge in [-0.3, -0.25) is 0 Å². The summed E-state index contributed by atoms with van der Waals surface area (Å²) in [6.45, 7) is 8.78. The Kier molecular flexibility index (Phi) is 1.89. The third-order valence-electron chi connectivity index (χ3n) is 3.78. The standard InChI is InChI=1S/C11H17N3O/c1-6(2)14-4-8-9(5-14)10(8)11-13-12-7(3)15-11/h6,8-10H,4-5H2,1-3H3. The van der Waals surface area contributed by atoms with Gasteiger partial charge >= 0.3 is 0 Å². The van der Waals surface area contributed by atoms with Crippen LogP contribution in [0.4, 0.5) is 0 Å². The van der Waals surface area contributed by atoms with Gasteiger partial charge in [0.2, 0.25) is 11.8 Å². The summed E-state index contributed by atoms with van der Waals surface area (Å²) in [5.41, 5.74) is 0. The van der Waals surface area contributed by atoms with Gasteiger partial charge in [0.25, 0.3) is 0 Å². The summed E-state index contributed by atoms with van der Waals surface area (Å²) < 4.78 is 5.50. The fourth-order valence-corrected chi connectivity index (χ4v) is 2.79. The number of piperidine rings is 1. The van der Waals surface area contributed by atoms with E-state index in [0.29, 0.717) is 17.9 Å². The SMILES string of the molecule is Cc1nnc(C2C3CN(C(C)C)CC32)o1. The van der Waals surface area contributed by atoms with Gasteiger partial charge in [-0.15, -0.1) is 10.2 Å². The van der Waals surface area contributed by atoms with Gasteiger partial charge in [-0.05, 0) is 25.7 Å². The van der Waals surface area contributed by atoms with Crippen LogP contribution < -0.4 is 0 Å². The topological polar surface area (TPSA) is 42.2 Å². The van der Waals surface area contributed by atoms with Gasteiger partial charge in [-0.2, -0.15) is 0 Å². The van der Waals surface area contributed by atoms with Crippen molar-refractivity contribution in [1.82, 2.24) is 15.1 Å². The van der Waals surface area contributed by atoms with Crippen LogP contribution in [0.1, 0.15) is 31.5 Å². The van der Waals surface area contributed by atoms with Crippen molar-refractivity contribution < 1.29 is 4.42 Å². The Morgan fingerprint density at radius 2 is 1.93 bits per heavy atom. The summed E-state index contributed by atoms with van der Waals surface area (Å²) in [4.78, 5) is 2.54. The molecule has 0 radical (unpaired) electrons. The first kappa shape index (κ1) is 9.33. The summed E-state index contributed by atoms with van der Waals surface area (Å²) in [7, 11) is 0. The average Bonchev–Trinajstić information content (AvgIpc) is 2.62. The molecule has 0 spiro atoms. The van der Waals surface area contributed by atoms with E-state index < -0.39 is 0 Å². The van der Waals surface area contributed by atoms with E-state index in [4.69, 9.17) is 4.42 Å². The van der Waals surface area contributed by atoms with Crippen molar-refractivity contribution >= 4 is 0 Å². The predicted octanol–water partition coefficient (Wildman–Crippen LogP) is 1.43. The molecule has 2 fully saturated rings. The molecule has 2 unspecified atom stereocenters. The highest BCUT2D eigenvalue weighted by Crippen LogP contribution is 2.57. The molecule has 1 saturated heterocycles. The van der Waals surface area contributed by atoms with Crippen molar-refractivity contribution in [2.45, 2.75) is 32.7 Å². The Balaban J connectivity index is 1.68. The Bertz CT molecular complexity index is 362. The highest BCUT2D eigenvalue weighted by molar-refractivity contribution is 5.18. The van der Waals surface area contributed by atoms with Crippen LogP contribution in [0.5, 0.6) is 0 Å². The summed E-state index contributed by atoms with van der Waals surface area (Å²) in [6.07, 6.45) is 0. The molecule has 1 aromatic heterocycles. The fourth-order valence-electron chi connectivity index (χ4n) is 2.79. The van der Waals surface area contributed by atoms with Crippen molar-refractivity contribution in [3.05, 3.63) is 11.8 Å². The molecule has 4 heteroatoms. The van der Waals surface area contributed by atoms with E-state index in [-0.39, 0.29) is 0 Å². The highest BCUT2D eigenvalue weighted by Gasteiger charge is 2.59. The fraction of sp³-hybridized carbons (Fsp3) is 0.818. The minimum Gasteiger partial charge on any atom is -0.425 e. The van der Waals surface area contributed by atoms with Crippen LogP contribution in [0.3, 0.4) is 0 Å². The van der Waals surface area contributed by atoms with Crippen LogP contribution in [-0.4, -0.2) is 34.2 Å². The van der Waals surface area contributed by atoms with Crippen LogP contribution in [0.15, 0.2) is 4.42 Å². The van der Waals surface area contributed by atoms with E-state index in [1.807, 2.05) is 6.92 Å². The van der Waals surface area contributed by atoms with Gasteiger partial charge in [0.05, 0.1) is 0 Å². The molecular weight excluding hydrogens is 190 g/mol. The van der Waals surface area contributed by atoms with Crippen LogP contribution in [0.2, 0.25) is 0 Å². The third kappa shape index (κ3) is 1.39. The molecule has 0 amide bonds. The minimum absolute atomic E-state index is 0.557. The van der Waals surface area contributed by atoms with E-state index >= 15 is 0 Å². The Morgan fingerprint density at radius 3 is 2.40 bits per heavy atom. The van der Waals surface area contributed by atoms with Crippen LogP contribution in [-0.2, 0) is 0 Å². The van der Waals surface area contributed by atoms with Crippen molar-refractivity contribution in [3.8, 4) is 0 Å². The first-order valence-corrected chi connectivity index (χ1v) is 5.71. The largest absolute Gasteiger partial charge is 0.425 e. The predicted molar refractivity (Wildman–Crippen MR) is 55.5 cm³/mol. The zero-order valence-electron chi connectivity index (χ0n) is 9.47. The van der Waals surface area contributed by atoms with E-state index in [0.717, 1.165) is 17.7 Å². The van der Waals surface area contributed by atoms with Crippen LogP contribution in [0.25, 0.3) is 0 Å². The summed E-state index contributed by atoms with van der Waals surface area (Å²) in [5.74, 6) is 3.65. The second kappa shape index (κ2) is 3.04. The number of likely N-dealkylation sites (tertiary alicyclic amines) is 1. The lowest BCUT2D eigenvalue weighted by Crippen LogP contribution is -2.31. The summed E-state index contributed by atoms with van der Waals surface area (Å²) >= 11 is 0. The molecule has 1 saturated carbocycles. The quantitative estimate of drug-likeness (QED) is 0.735. The van der Waals surface area contributed by atoms with Gasteiger partial charge in [0, 0.05) is 32.0 Å². The third-order valence-corrected chi connectivity index (χ3v) is 3.78. The number of rotatable bonds is 2. The van der Waals surface area contributed by atoms with Gasteiger partial charge in [-0.25, -0.2) is 0 Å². The summed E-state index contributed by atoms with van der Waals surface area (Å²) in [6, 6.07) is 0.669. The molecule has 1 aliphatic carbocycles. The average molecular weight is 207 g/mol. The maximum Gasteiger partial charge on any atom is 0.220 e. The molecule has 0 bridgehead atoms. The monoisotopic (exact) mass is 207 g/mol. The second-order valence-corrected chi connectivity index (χ2v) is 5.06. The lowest BCUT2D eigenvalue weighted by Gasteiger charge is -2.22. The molecular formula is C11H17N3O. The van der Waals surface area contributed by atoms with E-state index in [2.05, 4.69) is 28.9 Å². The molecule has 4 nitrogen and oxygen atoms in total. The van der Waals surface area contributed by atoms with Gasteiger partial charge in [0.15, 0.2) is 0 Å². The molecule has 0 N–H and O–H groups in total. The van der Waals surface area contributed by atoms with Crippen LogP contribution >= 0.6 is 0 Å². The molecule has 1 aliphatic heterocycles. The van der Waals surface area contributed by atoms with Crippen molar-refractivity contribution in [2.75, 3.05) is 13.1 Å². The van der Waals surface area contributed by atoms with Gasteiger partial charge in [0.1, 0.15) is 0 Å². The van der Waals surface area contributed by atoms with Crippen molar-refractivity contribution in [2.24, 2.45) is 11.8 Å². The molecule has 2 aliphatic rings. The molecule has 2 heterocycles. The van der Waals surface area contributed by atoms with Crippen molar-refractivity contribution in [1.29, 1.82) is 0 Å². The van der Waals surface area contributed by atoms with Gasteiger partial charge < -0.3 is 9.32 Å². The number of hydrogen-bond acceptors (Lipinski definition) is 4. The summed E-state index contributed by atoms with van der Waals surface area (Å²) in [5, 5.41) is 8.02. The van der Waals surface area contributed by atoms with Gasteiger partial charge in [-0.1, -0.05) is 0 Å². The normalized spacial score (nSPS) is 34.8. The molecule has 2 atom stereocenters. The highest BCUT2D eigenvalue weighted by atomic mass is 16.4. The lowest BCUT2D eigenvalue weighted by molar-refractivity contribution is 0.238. The second-order valence-electron chi connectivity index (χ2n) is 5.06. The lowest BCUT2D eigenvalue weighted by atomic mass is 10.2. The Labute approximate surface area is 89.7 Å². The van der Waals surface area contributed by atoms with E-state index in [9.17, 15) is 0 Å². The molecule has 15 heavy (non-hydrogen) atoms. The molecule has 1 aromatic rings. The number of hydrogen-bond donors (Lipinski definition) is 0. The number of aromatic nitrogens is 2. The maximum absolute atomic E-state index is 5.50. The Morgan fingerprint density at radius 1 is 1.27 bits per heavy atom. The zero-order chi connectivity index (χ0) is 10.6. The number of fused-ring (bicyclic) bond motifs is 1. The molecule has 0 aromatic carbocycles. The maximum atomic E-state index is 5.50. The number of nitrogens with zero attached hydrogens (tertiary/aromatic N) is 3. The Hall–Kier alpha value is -0.900. The van der Waals surface area contributed by atoms with E-state index in [1.54, 1.807) is 0 Å². The smallest absolute Gasteiger partial charge is 0.220 e. The first-order valence-electron chi connectivity index (χ1n) is 5.71.